The average molecular weight is 499 g/mol. The summed E-state index contributed by atoms with van der Waals surface area (Å²) >= 11 is 1.66. The van der Waals surface area contributed by atoms with Crippen LogP contribution in [0.5, 0.6) is 0 Å². The molecule has 27 heavy (non-hydrogen) atoms. The zero-order valence-corrected chi connectivity index (χ0v) is 19.5. The fourth-order valence-corrected chi connectivity index (χ4v) is 3.72. The fraction of sp³-hybridized carbons (Fsp3) is 0.500. The molecule has 1 saturated carbocycles. The van der Waals surface area contributed by atoms with E-state index in [0.717, 1.165) is 36.3 Å². The molecule has 2 N–H and O–H groups in total. The van der Waals surface area contributed by atoms with Gasteiger partial charge in [-0.15, -0.1) is 35.3 Å². The van der Waals surface area contributed by atoms with E-state index in [1.165, 1.54) is 18.4 Å². The molecule has 0 amide bonds. The van der Waals surface area contributed by atoms with Gasteiger partial charge in [-0.3, -0.25) is 0 Å². The number of nitrogens with zero attached hydrogens (tertiary/aromatic N) is 3. The Labute approximate surface area is 183 Å². The van der Waals surface area contributed by atoms with E-state index in [9.17, 15) is 0 Å². The molecular weight excluding hydrogens is 469 g/mol. The van der Waals surface area contributed by atoms with Gasteiger partial charge >= 0.3 is 0 Å². The molecule has 0 bridgehead atoms. The third-order valence-corrected chi connectivity index (χ3v) is 5.73. The van der Waals surface area contributed by atoms with Gasteiger partial charge in [-0.05, 0) is 37.2 Å². The molecule has 0 radical (unpaired) electrons. The van der Waals surface area contributed by atoms with Gasteiger partial charge in [-0.2, -0.15) is 0 Å². The van der Waals surface area contributed by atoms with Crippen LogP contribution in [0.3, 0.4) is 0 Å². The van der Waals surface area contributed by atoms with Crippen LogP contribution in [0.4, 0.5) is 5.13 Å². The topological polar surface area (TPSA) is 52.6 Å². The van der Waals surface area contributed by atoms with Crippen LogP contribution in [-0.2, 0) is 13.0 Å². The predicted octanol–water partition coefficient (Wildman–Crippen LogP) is 3.91. The number of anilines is 1. The summed E-state index contributed by atoms with van der Waals surface area (Å²) in [5.41, 5.74) is 2.82. The number of aromatic nitrogens is 1. The summed E-state index contributed by atoms with van der Waals surface area (Å²) in [6.07, 6.45) is 3.71. The number of aliphatic imine (C=N–C) groups is 1. The first-order valence-electron chi connectivity index (χ1n) is 9.28. The first kappa shape index (κ1) is 21.9. The van der Waals surface area contributed by atoms with Crippen LogP contribution in [0.15, 0.2) is 40.7 Å². The Morgan fingerprint density at radius 2 is 1.96 bits per heavy atom. The van der Waals surface area contributed by atoms with Gasteiger partial charge in [0, 0.05) is 32.6 Å². The van der Waals surface area contributed by atoms with E-state index < -0.39 is 0 Å². The fourth-order valence-electron chi connectivity index (χ4n) is 2.97. The van der Waals surface area contributed by atoms with Crippen molar-refractivity contribution in [3.05, 3.63) is 47.0 Å². The second-order valence-electron chi connectivity index (χ2n) is 7.23. The van der Waals surface area contributed by atoms with Gasteiger partial charge in [0.05, 0.1) is 12.2 Å². The molecule has 0 aliphatic heterocycles. The number of rotatable bonds is 8. The molecule has 1 aromatic carbocycles. The number of guanidine groups is 1. The summed E-state index contributed by atoms with van der Waals surface area (Å²) in [4.78, 5) is 11.3. The van der Waals surface area contributed by atoms with Gasteiger partial charge in [0.2, 0.25) is 0 Å². The average Bonchev–Trinajstić information content (AvgIpc) is 3.22. The van der Waals surface area contributed by atoms with Crippen molar-refractivity contribution in [2.24, 2.45) is 10.4 Å². The Morgan fingerprint density at radius 1 is 1.22 bits per heavy atom. The van der Waals surface area contributed by atoms with Crippen molar-refractivity contribution in [2.75, 3.05) is 32.1 Å². The third kappa shape index (κ3) is 6.64. The first-order chi connectivity index (χ1) is 12.6. The summed E-state index contributed by atoms with van der Waals surface area (Å²) < 4.78 is 0. The molecule has 0 atom stereocenters. The van der Waals surface area contributed by atoms with Crippen molar-refractivity contribution < 1.29 is 0 Å². The van der Waals surface area contributed by atoms with E-state index in [4.69, 9.17) is 4.99 Å². The Balaban J connectivity index is 0.00000261. The van der Waals surface area contributed by atoms with Crippen molar-refractivity contribution in [1.82, 2.24) is 15.6 Å². The van der Waals surface area contributed by atoms with Crippen LogP contribution in [0, 0.1) is 5.41 Å². The highest BCUT2D eigenvalue weighted by molar-refractivity contribution is 14.0. The number of nitrogens with one attached hydrogen (secondary N) is 2. The van der Waals surface area contributed by atoms with Gasteiger partial charge in [-0.1, -0.05) is 30.3 Å². The van der Waals surface area contributed by atoms with Crippen LogP contribution in [0.1, 0.15) is 31.0 Å². The molecule has 1 aliphatic carbocycles. The third-order valence-electron chi connectivity index (χ3n) is 4.68. The summed E-state index contributed by atoms with van der Waals surface area (Å²) in [5.74, 6) is 0.881. The maximum absolute atomic E-state index is 4.71. The van der Waals surface area contributed by atoms with Crippen LogP contribution in [0.2, 0.25) is 0 Å². The minimum atomic E-state index is 0. The molecule has 0 spiro atoms. The van der Waals surface area contributed by atoms with Crippen LogP contribution < -0.4 is 15.5 Å². The minimum Gasteiger partial charge on any atom is -0.357 e. The number of halogens is 1. The molecule has 7 heteroatoms. The van der Waals surface area contributed by atoms with Gasteiger partial charge in [-0.25, -0.2) is 9.98 Å². The Hall–Kier alpha value is -1.35. The van der Waals surface area contributed by atoms with Crippen molar-refractivity contribution in [2.45, 2.75) is 32.7 Å². The standard InChI is InChI=1S/C20H29N5S.HI/c1-4-21-18(22-13-17-14-26-19(24-17)25(2)3)23-15-20(10-11-20)12-16-8-6-5-7-9-16;/h5-9,14H,4,10-13,15H2,1-3H3,(H2,21,22,23);1H. The molecule has 1 aliphatic rings. The quantitative estimate of drug-likeness (QED) is 0.329. The SMILES string of the molecule is CCNC(=NCc1csc(N(C)C)n1)NCC1(Cc2ccccc2)CC1.I. The highest BCUT2D eigenvalue weighted by Gasteiger charge is 2.42. The first-order valence-corrected chi connectivity index (χ1v) is 10.2. The van der Waals surface area contributed by atoms with E-state index in [1.54, 1.807) is 11.3 Å². The molecule has 148 valence electrons. The maximum Gasteiger partial charge on any atom is 0.191 e. The summed E-state index contributed by atoms with van der Waals surface area (Å²) in [5, 5.41) is 10.0. The van der Waals surface area contributed by atoms with Crippen molar-refractivity contribution in [1.29, 1.82) is 0 Å². The largest absolute Gasteiger partial charge is 0.357 e. The molecule has 2 aromatic rings. The van der Waals surface area contributed by atoms with Gasteiger partial charge in [0.15, 0.2) is 11.1 Å². The zero-order chi connectivity index (χ0) is 18.4. The van der Waals surface area contributed by atoms with Gasteiger partial charge in [0.25, 0.3) is 0 Å². The summed E-state index contributed by atoms with van der Waals surface area (Å²) in [7, 11) is 4.03. The molecule has 3 rings (SSSR count). The molecule has 5 nitrogen and oxygen atoms in total. The molecule has 1 heterocycles. The number of benzene rings is 1. The minimum absolute atomic E-state index is 0. The van der Waals surface area contributed by atoms with Crippen molar-refractivity contribution >= 4 is 46.4 Å². The molecule has 1 fully saturated rings. The molecule has 0 saturated heterocycles. The second kappa shape index (κ2) is 10.3. The van der Waals surface area contributed by atoms with Gasteiger partial charge < -0.3 is 15.5 Å². The zero-order valence-electron chi connectivity index (χ0n) is 16.4. The van der Waals surface area contributed by atoms with Crippen molar-refractivity contribution in [3.8, 4) is 0 Å². The Morgan fingerprint density at radius 3 is 2.56 bits per heavy atom. The maximum atomic E-state index is 4.71. The lowest BCUT2D eigenvalue weighted by Gasteiger charge is -2.18. The Kier molecular flexibility index (Phi) is 8.34. The monoisotopic (exact) mass is 499 g/mol. The van der Waals surface area contributed by atoms with Crippen LogP contribution in [0.25, 0.3) is 0 Å². The number of hydrogen-bond acceptors (Lipinski definition) is 4. The van der Waals surface area contributed by atoms with Gasteiger partial charge in [0.1, 0.15) is 0 Å². The van der Waals surface area contributed by atoms with E-state index in [1.807, 2.05) is 19.0 Å². The Bertz CT molecular complexity index is 725. The number of thiazole rings is 1. The van der Waals surface area contributed by atoms with E-state index >= 15 is 0 Å². The van der Waals surface area contributed by atoms with E-state index in [-0.39, 0.29) is 24.0 Å². The predicted molar refractivity (Wildman–Crippen MR) is 126 cm³/mol. The summed E-state index contributed by atoms with van der Waals surface area (Å²) in [6.45, 7) is 4.53. The van der Waals surface area contributed by atoms with Crippen molar-refractivity contribution in [3.63, 3.8) is 0 Å². The lowest BCUT2D eigenvalue weighted by molar-refractivity contribution is 0.492. The lowest BCUT2D eigenvalue weighted by Crippen LogP contribution is -2.40. The molecule has 0 unspecified atom stereocenters. The summed E-state index contributed by atoms with van der Waals surface area (Å²) in [6, 6.07) is 10.8. The number of hydrogen-bond donors (Lipinski definition) is 2. The molecular formula is C20H30IN5S. The molecule has 1 aromatic heterocycles. The van der Waals surface area contributed by atoms with Crippen LogP contribution in [-0.4, -0.2) is 38.1 Å². The highest BCUT2D eigenvalue weighted by Crippen LogP contribution is 2.47. The van der Waals surface area contributed by atoms with E-state index in [2.05, 4.69) is 58.3 Å². The highest BCUT2D eigenvalue weighted by atomic mass is 127. The second-order valence-corrected chi connectivity index (χ2v) is 8.06. The van der Waals surface area contributed by atoms with Crippen LogP contribution >= 0.6 is 35.3 Å². The normalized spacial score (nSPS) is 15.0. The van der Waals surface area contributed by atoms with E-state index in [0.29, 0.717) is 12.0 Å². The lowest BCUT2D eigenvalue weighted by atomic mass is 9.96. The smallest absolute Gasteiger partial charge is 0.191 e.